The Hall–Kier alpha value is -2.53. The molecule has 1 N–H and O–H groups in total. The second kappa shape index (κ2) is 9.42. The lowest BCUT2D eigenvalue weighted by Gasteiger charge is -2.34. The number of piperazine rings is 1. The molecule has 0 unspecified atom stereocenters. The van der Waals surface area contributed by atoms with Crippen LogP contribution in [0.4, 0.5) is 0 Å². The van der Waals surface area contributed by atoms with Crippen molar-refractivity contribution in [2.45, 2.75) is 26.0 Å². The van der Waals surface area contributed by atoms with E-state index in [1.54, 1.807) is 7.11 Å². The maximum absolute atomic E-state index is 12.9. The summed E-state index contributed by atoms with van der Waals surface area (Å²) in [7, 11) is 1.61. The van der Waals surface area contributed by atoms with Crippen LogP contribution in [-0.2, 0) is 11.3 Å². The lowest BCUT2D eigenvalue weighted by Crippen LogP contribution is -3.13. The molecule has 2 aromatic carbocycles. The molecule has 1 amide bonds. The van der Waals surface area contributed by atoms with Crippen LogP contribution in [0.25, 0.3) is 0 Å². The van der Waals surface area contributed by atoms with Crippen molar-refractivity contribution in [3.8, 4) is 11.5 Å². The second-order valence-corrected chi connectivity index (χ2v) is 6.90. The summed E-state index contributed by atoms with van der Waals surface area (Å²) in [5.74, 6) is 1.34. The van der Waals surface area contributed by atoms with Crippen LogP contribution in [0, 0.1) is 0 Å². The Morgan fingerprint density at radius 1 is 1.04 bits per heavy atom. The molecule has 5 nitrogen and oxygen atoms in total. The van der Waals surface area contributed by atoms with E-state index in [4.69, 9.17) is 9.47 Å². The third kappa shape index (κ3) is 5.01. The molecular weight excluding hydrogens is 340 g/mol. The first kappa shape index (κ1) is 19.2. The molecule has 0 aliphatic carbocycles. The van der Waals surface area contributed by atoms with Crippen molar-refractivity contribution >= 4 is 5.91 Å². The average molecular weight is 369 g/mol. The van der Waals surface area contributed by atoms with Gasteiger partial charge in [-0.3, -0.25) is 4.79 Å². The molecule has 0 spiro atoms. The van der Waals surface area contributed by atoms with E-state index in [2.05, 4.69) is 24.3 Å². The van der Waals surface area contributed by atoms with Crippen LogP contribution < -0.4 is 14.4 Å². The number of carbonyl (C=O) groups excluding carboxylic acids is 1. The van der Waals surface area contributed by atoms with Gasteiger partial charge >= 0.3 is 0 Å². The zero-order valence-electron chi connectivity index (χ0n) is 16.2. The molecule has 1 aliphatic rings. The number of nitrogens with zero attached hydrogens (tertiary/aromatic N) is 1. The maximum Gasteiger partial charge on any atom is 0.264 e. The van der Waals surface area contributed by atoms with Crippen molar-refractivity contribution in [2.24, 2.45) is 0 Å². The maximum atomic E-state index is 12.9. The molecule has 27 heavy (non-hydrogen) atoms. The Morgan fingerprint density at radius 3 is 2.30 bits per heavy atom. The molecule has 1 atom stereocenters. The van der Waals surface area contributed by atoms with Crippen molar-refractivity contribution in [3.63, 3.8) is 0 Å². The predicted molar refractivity (Wildman–Crippen MR) is 105 cm³/mol. The Labute approximate surface area is 161 Å². The molecule has 1 fully saturated rings. The molecule has 1 heterocycles. The highest BCUT2D eigenvalue weighted by Crippen LogP contribution is 2.27. The van der Waals surface area contributed by atoms with Gasteiger partial charge in [0.15, 0.2) is 17.6 Å². The number of rotatable bonds is 7. The summed E-state index contributed by atoms with van der Waals surface area (Å²) in [5.41, 5.74) is 1.35. The number of quaternary nitrogens is 1. The molecule has 2 aromatic rings. The fourth-order valence-electron chi connectivity index (χ4n) is 3.49. The highest BCUT2D eigenvalue weighted by atomic mass is 16.5. The molecule has 144 valence electrons. The van der Waals surface area contributed by atoms with Crippen LogP contribution in [0.15, 0.2) is 54.6 Å². The smallest absolute Gasteiger partial charge is 0.264 e. The number of nitrogens with one attached hydrogen (secondary N) is 1. The van der Waals surface area contributed by atoms with Gasteiger partial charge in [0.1, 0.15) is 6.54 Å². The Balaban J connectivity index is 1.55. The van der Waals surface area contributed by atoms with E-state index in [-0.39, 0.29) is 5.91 Å². The number of hydrogen-bond acceptors (Lipinski definition) is 3. The molecule has 3 rings (SSSR count). The van der Waals surface area contributed by atoms with Gasteiger partial charge in [-0.15, -0.1) is 0 Å². The first-order valence-electron chi connectivity index (χ1n) is 9.67. The number of hydrogen-bond donors (Lipinski definition) is 1. The van der Waals surface area contributed by atoms with Crippen molar-refractivity contribution in [3.05, 3.63) is 60.2 Å². The lowest BCUT2D eigenvalue weighted by atomic mass is 10.1. The zero-order chi connectivity index (χ0) is 19.1. The van der Waals surface area contributed by atoms with Crippen LogP contribution in [0.1, 0.15) is 18.9 Å². The van der Waals surface area contributed by atoms with Gasteiger partial charge in [-0.1, -0.05) is 49.4 Å². The average Bonchev–Trinajstić information content (AvgIpc) is 2.73. The van der Waals surface area contributed by atoms with Gasteiger partial charge in [-0.2, -0.15) is 0 Å². The highest BCUT2D eigenvalue weighted by molar-refractivity contribution is 5.81. The molecule has 0 saturated carbocycles. The van der Waals surface area contributed by atoms with Gasteiger partial charge in [0.25, 0.3) is 5.91 Å². The minimum atomic E-state index is -0.475. The van der Waals surface area contributed by atoms with Crippen molar-refractivity contribution in [2.75, 3.05) is 33.3 Å². The van der Waals surface area contributed by atoms with Gasteiger partial charge in [-0.05, 0) is 18.6 Å². The van der Waals surface area contributed by atoms with E-state index < -0.39 is 6.10 Å². The molecule has 0 aromatic heterocycles. The van der Waals surface area contributed by atoms with Gasteiger partial charge in [-0.25, -0.2) is 0 Å². The van der Waals surface area contributed by atoms with Crippen LogP contribution in [0.5, 0.6) is 11.5 Å². The van der Waals surface area contributed by atoms with Crippen molar-refractivity contribution < 1.29 is 19.2 Å². The number of ether oxygens (including phenoxy) is 2. The topological polar surface area (TPSA) is 43.2 Å². The summed E-state index contributed by atoms with van der Waals surface area (Å²) in [6, 6.07) is 18.0. The monoisotopic (exact) mass is 369 g/mol. The number of carbonyl (C=O) groups is 1. The predicted octanol–water partition coefficient (Wildman–Crippen LogP) is 1.78. The molecule has 0 radical (unpaired) electrons. The summed E-state index contributed by atoms with van der Waals surface area (Å²) >= 11 is 0. The molecule has 0 bridgehead atoms. The van der Waals surface area contributed by atoms with Crippen LogP contribution in [0.2, 0.25) is 0 Å². The Bertz CT molecular complexity index is 727. The summed E-state index contributed by atoms with van der Waals surface area (Å²) in [6.07, 6.45) is 0.158. The fourth-order valence-corrected chi connectivity index (χ4v) is 3.49. The minimum absolute atomic E-state index is 0.0715. The van der Waals surface area contributed by atoms with Gasteiger partial charge in [0.2, 0.25) is 0 Å². The van der Waals surface area contributed by atoms with E-state index >= 15 is 0 Å². The first-order chi connectivity index (χ1) is 13.2. The van der Waals surface area contributed by atoms with Crippen LogP contribution >= 0.6 is 0 Å². The van der Waals surface area contributed by atoms with Gasteiger partial charge in [0, 0.05) is 5.56 Å². The van der Waals surface area contributed by atoms with Crippen LogP contribution in [0.3, 0.4) is 0 Å². The third-order valence-corrected chi connectivity index (χ3v) is 5.06. The number of para-hydroxylation sites is 2. The first-order valence-corrected chi connectivity index (χ1v) is 9.67. The third-order valence-electron chi connectivity index (χ3n) is 5.06. The Kier molecular flexibility index (Phi) is 6.71. The SMILES string of the molecule is CC[C@@H](Oc1ccccc1OC)C(=O)N1CC[NH+](Cc2ccccc2)CC1. The molecule has 1 saturated heterocycles. The lowest BCUT2D eigenvalue weighted by molar-refractivity contribution is -0.917. The number of methoxy groups -OCH3 is 1. The number of benzene rings is 2. The van der Waals surface area contributed by atoms with E-state index in [1.807, 2.05) is 42.2 Å². The van der Waals surface area contributed by atoms with E-state index in [9.17, 15) is 4.79 Å². The highest BCUT2D eigenvalue weighted by Gasteiger charge is 2.29. The summed E-state index contributed by atoms with van der Waals surface area (Å²) in [5, 5.41) is 0. The van der Waals surface area contributed by atoms with E-state index in [1.165, 1.54) is 10.5 Å². The molecule has 5 heteroatoms. The van der Waals surface area contributed by atoms with Gasteiger partial charge < -0.3 is 19.3 Å². The van der Waals surface area contributed by atoms with Crippen molar-refractivity contribution in [1.82, 2.24) is 4.90 Å². The molecule has 1 aliphatic heterocycles. The summed E-state index contributed by atoms with van der Waals surface area (Å²) in [4.78, 5) is 16.4. The van der Waals surface area contributed by atoms with Gasteiger partial charge in [0.05, 0.1) is 33.3 Å². The minimum Gasteiger partial charge on any atom is -0.493 e. The fraction of sp³-hybridized carbons (Fsp3) is 0.409. The van der Waals surface area contributed by atoms with E-state index in [0.717, 1.165) is 32.7 Å². The summed E-state index contributed by atoms with van der Waals surface area (Å²) < 4.78 is 11.3. The number of amides is 1. The summed E-state index contributed by atoms with van der Waals surface area (Å²) in [6.45, 7) is 6.46. The largest absolute Gasteiger partial charge is 0.493 e. The van der Waals surface area contributed by atoms with Crippen LogP contribution in [-0.4, -0.2) is 50.2 Å². The van der Waals surface area contributed by atoms with E-state index in [0.29, 0.717) is 17.9 Å². The quantitative estimate of drug-likeness (QED) is 0.809. The Morgan fingerprint density at radius 2 is 1.67 bits per heavy atom. The second-order valence-electron chi connectivity index (χ2n) is 6.90. The standard InChI is InChI=1S/C22H28N2O3/c1-3-19(27-21-12-8-7-11-20(21)26-2)22(25)24-15-13-23(14-16-24)17-18-9-5-4-6-10-18/h4-12,19H,3,13-17H2,1-2H3/p+1/t19-/m1/s1. The normalized spacial score (nSPS) is 16.0. The molecular formula is C22H29N2O3+. The zero-order valence-corrected chi connectivity index (χ0v) is 16.2. The van der Waals surface area contributed by atoms with Crippen molar-refractivity contribution in [1.29, 1.82) is 0 Å².